The molecule has 0 radical (unpaired) electrons. The van der Waals surface area contributed by atoms with Gasteiger partial charge in [-0.25, -0.2) is 0 Å². The molecule has 26 heavy (non-hydrogen) atoms. The molecule has 2 aromatic carbocycles. The number of rotatable bonds is 3. The van der Waals surface area contributed by atoms with Crippen LogP contribution in [0.3, 0.4) is 0 Å². The minimum absolute atomic E-state index is 0.0279. The van der Waals surface area contributed by atoms with Crippen molar-refractivity contribution < 1.29 is 4.92 Å². The van der Waals surface area contributed by atoms with Crippen molar-refractivity contribution in [1.29, 1.82) is 0 Å². The Kier molecular flexibility index (Phi) is 4.32. The summed E-state index contributed by atoms with van der Waals surface area (Å²) in [4.78, 5) is 12.8. The molecule has 0 saturated carbocycles. The van der Waals surface area contributed by atoms with Gasteiger partial charge in [0.2, 0.25) is 0 Å². The summed E-state index contributed by atoms with van der Waals surface area (Å²) >= 11 is 6.33. The summed E-state index contributed by atoms with van der Waals surface area (Å²) in [7, 11) is 0. The minimum Gasteiger partial charge on any atom is -0.367 e. The lowest BCUT2D eigenvalue weighted by molar-refractivity contribution is -0.384. The van der Waals surface area contributed by atoms with Crippen LogP contribution in [0, 0.1) is 10.1 Å². The van der Waals surface area contributed by atoms with Crippen molar-refractivity contribution in [1.82, 2.24) is 4.57 Å². The third kappa shape index (κ3) is 2.92. The molecule has 2 unspecified atom stereocenters. The Morgan fingerprint density at radius 2 is 2.00 bits per heavy atom. The molecular weight excluding hydrogens is 350 g/mol. The van der Waals surface area contributed by atoms with Crippen molar-refractivity contribution in [2.24, 2.45) is 0 Å². The van der Waals surface area contributed by atoms with Crippen LogP contribution in [-0.4, -0.2) is 22.1 Å². The molecule has 0 aliphatic carbocycles. The minimum atomic E-state index is -0.414. The molecule has 2 heterocycles. The van der Waals surface area contributed by atoms with Crippen molar-refractivity contribution in [2.75, 3.05) is 11.4 Å². The van der Waals surface area contributed by atoms with Crippen LogP contribution in [0.25, 0.3) is 10.9 Å². The molecule has 134 valence electrons. The van der Waals surface area contributed by atoms with Gasteiger partial charge in [0.1, 0.15) is 0 Å². The number of fused-ring (bicyclic) bond motifs is 1. The van der Waals surface area contributed by atoms with Crippen LogP contribution in [0.4, 0.5) is 11.4 Å². The third-order valence-corrected chi connectivity index (χ3v) is 5.63. The molecule has 3 aromatic rings. The van der Waals surface area contributed by atoms with Crippen LogP contribution in [0.2, 0.25) is 5.02 Å². The van der Waals surface area contributed by atoms with E-state index in [1.807, 2.05) is 0 Å². The summed E-state index contributed by atoms with van der Waals surface area (Å²) < 4.78 is 2.38. The van der Waals surface area contributed by atoms with E-state index >= 15 is 0 Å². The van der Waals surface area contributed by atoms with E-state index in [2.05, 4.69) is 52.9 Å². The first kappa shape index (κ1) is 16.9. The summed E-state index contributed by atoms with van der Waals surface area (Å²) in [5, 5.41) is 12.6. The monoisotopic (exact) mass is 369 g/mol. The predicted octanol–water partition coefficient (Wildman–Crippen LogP) is 5.43. The number of nitro benzene ring substituents is 1. The molecule has 1 fully saturated rings. The van der Waals surface area contributed by atoms with Crippen LogP contribution >= 0.6 is 11.6 Å². The molecule has 0 spiro atoms. The van der Waals surface area contributed by atoms with Crippen molar-refractivity contribution in [3.63, 3.8) is 0 Å². The molecule has 5 nitrogen and oxygen atoms in total. The number of nitrogens with zero attached hydrogens (tertiary/aromatic N) is 3. The third-order valence-electron chi connectivity index (χ3n) is 5.32. The van der Waals surface area contributed by atoms with E-state index in [9.17, 15) is 10.1 Å². The van der Waals surface area contributed by atoms with Gasteiger partial charge in [0.05, 0.1) is 15.6 Å². The van der Waals surface area contributed by atoms with E-state index in [0.717, 1.165) is 25.1 Å². The van der Waals surface area contributed by atoms with Gasteiger partial charge in [0.15, 0.2) is 0 Å². The van der Waals surface area contributed by atoms with E-state index in [1.54, 1.807) is 6.07 Å². The van der Waals surface area contributed by atoms with E-state index in [4.69, 9.17) is 11.6 Å². The van der Waals surface area contributed by atoms with Crippen LogP contribution in [0.5, 0.6) is 0 Å². The number of benzene rings is 2. The molecule has 2 atom stereocenters. The average Bonchev–Trinajstić information content (AvgIpc) is 3.06. The van der Waals surface area contributed by atoms with Gasteiger partial charge in [-0.2, -0.15) is 0 Å². The number of halogens is 1. The van der Waals surface area contributed by atoms with E-state index in [1.165, 1.54) is 23.0 Å². The number of nitro groups is 1. The molecule has 6 heteroatoms. The summed E-state index contributed by atoms with van der Waals surface area (Å²) in [5.41, 5.74) is 2.17. The number of anilines is 1. The van der Waals surface area contributed by atoms with Crippen LogP contribution < -0.4 is 4.90 Å². The maximum atomic E-state index is 10.9. The highest BCUT2D eigenvalue weighted by Gasteiger charge is 2.28. The fraction of sp³-hybridized carbons (Fsp3) is 0.300. The highest BCUT2D eigenvalue weighted by atomic mass is 35.5. The van der Waals surface area contributed by atoms with Crippen molar-refractivity contribution in [2.45, 2.75) is 31.8 Å². The molecule has 0 bridgehead atoms. The Labute approximate surface area is 156 Å². The summed E-state index contributed by atoms with van der Waals surface area (Å²) in [5.74, 6) is 0. The highest BCUT2D eigenvalue weighted by Crippen LogP contribution is 2.37. The highest BCUT2D eigenvalue weighted by molar-refractivity contribution is 6.33. The molecule has 1 aromatic heterocycles. The standard InChI is InChI=1S/C20H20ClN3O2/c1-14-12-16(23-10-8-15-4-2-3-5-19(15)23)9-11-22(14)20-7-6-17(24(25)26)13-18(20)21/h2-8,10,13-14,16H,9,11-12H2,1H3. The lowest BCUT2D eigenvalue weighted by Crippen LogP contribution is -2.41. The fourth-order valence-corrected chi connectivity index (χ4v) is 4.31. The Balaban J connectivity index is 1.56. The van der Waals surface area contributed by atoms with Gasteiger partial charge in [0.25, 0.3) is 5.69 Å². The van der Waals surface area contributed by atoms with Gasteiger partial charge in [0, 0.05) is 42.5 Å². The Bertz CT molecular complexity index is 969. The van der Waals surface area contributed by atoms with E-state index in [-0.39, 0.29) is 5.69 Å². The quantitative estimate of drug-likeness (QED) is 0.456. The van der Waals surface area contributed by atoms with Gasteiger partial charge >= 0.3 is 0 Å². The van der Waals surface area contributed by atoms with Crippen LogP contribution in [0.1, 0.15) is 25.8 Å². The second-order valence-electron chi connectivity index (χ2n) is 6.90. The lowest BCUT2D eigenvalue weighted by Gasteiger charge is -2.40. The second-order valence-corrected chi connectivity index (χ2v) is 7.30. The van der Waals surface area contributed by atoms with Gasteiger partial charge in [-0.1, -0.05) is 29.8 Å². The van der Waals surface area contributed by atoms with Crippen LogP contribution in [-0.2, 0) is 0 Å². The van der Waals surface area contributed by atoms with Gasteiger partial charge in [-0.05, 0) is 43.4 Å². The number of para-hydroxylation sites is 1. The molecular formula is C20H20ClN3O2. The number of hydrogen-bond acceptors (Lipinski definition) is 3. The Hall–Kier alpha value is -2.53. The summed E-state index contributed by atoms with van der Waals surface area (Å²) in [6.45, 7) is 3.06. The predicted molar refractivity (Wildman–Crippen MR) is 105 cm³/mol. The van der Waals surface area contributed by atoms with Gasteiger partial charge in [-0.3, -0.25) is 10.1 Å². The largest absolute Gasteiger partial charge is 0.367 e. The topological polar surface area (TPSA) is 51.3 Å². The Morgan fingerprint density at radius 3 is 2.73 bits per heavy atom. The van der Waals surface area contributed by atoms with Crippen molar-refractivity contribution in [3.05, 3.63) is 69.9 Å². The van der Waals surface area contributed by atoms with Crippen LogP contribution in [0.15, 0.2) is 54.7 Å². The first-order valence-corrected chi connectivity index (χ1v) is 9.18. The average molecular weight is 370 g/mol. The molecule has 0 amide bonds. The number of hydrogen-bond donors (Lipinski definition) is 0. The molecule has 4 rings (SSSR count). The van der Waals surface area contributed by atoms with E-state index in [0.29, 0.717) is 17.1 Å². The second kappa shape index (κ2) is 6.65. The van der Waals surface area contributed by atoms with E-state index < -0.39 is 4.92 Å². The SMILES string of the molecule is CC1CC(n2ccc3ccccc32)CCN1c1ccc([N+](=O)[O-])cc1Cl. The molecule has 1 saturated heterocycles. The number of piperidine rings is 1. The first-order valence-electron chi connectivity index (χ1n) is 8.81. The zero-order chi connectivity index (χ0) is 18.3. The maximum absolute atomic E-state index is 10.9. The fourth-order valence-electron chi connectivity index (χ4n) is 4.02. The van der Waals surface area contributed by atoms with Gasteiger partial charge in [-0.15, -0.1) is 0 Å². The summed E-state index contributed by atoms with van der Waals surface area (Å²) in [6, 6.07) is 16.1. The Morgan fingerprint density at radius 1 is 1.19 bits per heavy atom. The zero-order valence-electron chi connectivity index (χ0n) is 14.5. The summed E-state index contributed by atoms with van der Waals surface area (Å²) in [6.07, 6.45) is 4.19. The molecule has 1 aliphatic rings. The normalized spacial score (nSPS) is 20.5. The molecule has 0 N–H and O–H groups in total. The number of aromatic nitrogens is 1. The lowest BCUT2D eigenvalue weighted by atomic mass is 9.97. The zero-order valence-corrected chi connectivity index (χ0v) is 15.3. The van der Waals surface area contributed by atoms with Crippen molar-refractivity contribution in [3.8, 4) is 0 Å². The number of non-ortho nitro benzene ring substituents is 1. The maximum Gasteiger partial charge on any atom is 0.271 e. The smallest absolute Gasteiger partial charge is 0.271 e. The molecule has 1 aliphatic heterocycles. The van der Waals surface area contributed by atoms with Crippen molar-refractivity contribution >= 4 is 33.9 Å². The van der Waals surface area contributed by atoms with Gasteiger partial charge < -0.3 is 9.47 Å². The first-order chi connectivity index (χ1) is 12.5.